The van der Waals surface area contributed by atoms with E-state index in [0.29, 0.717) is 16.8 Å². The van der Waals surface area contributed by atoms with E-state index in [1.165, 1.54) is 6.92 Å². The summed E-state index contributed by atoms with van der Waals surface area (Å²) >= 11 is 0. The number of rotatable bonds is 3. The van der Waals surface area contributed by atoms with Gasteiger partial charge in [-0.1, -0.05) is 24.8 Å². The van der Waals surface area contributed by atoms with Crippen LogP contribution in [0.3, 0.4) is 0 Å². The minimum Gasteiger partial charge on any atom is -0.478 e. The number of carboxylic acid groups (broad SMARTS) is 1. The second kappa shape index (κ2) is 4.37. The number of benzene rings is 1. The molecule has 0 saturated heterocycles. The minimum absolute atomic E-state index is 0.0591. The van der Waals surface area contributed by atoms with E-state index in [1.54, 1.807) is 18.2 Å². The highest BCUT2D eigenvalue weighted by atomic mass is 16.4. The summed E-state index contributed by atoms with van der Waals surface area (Å²) in [6.45, 7) is 4.90. The molecule has 0 aliphatic rings. The van der Waals surface area contributed by atoms with Gasteiger partial charge < -0.3 is 15.4 Å². The molecule has 1 heterocycles. The van der Waals surface area contributed by atoms with E-state index in [2.05, 4.69) is 16.9 Å². The number of anilines is 1. The SMILES string of the molecule is C=C(C(=O)O)c1c(NC(C)=O)[nH]c2ccccc12. The highest BCUT2D eigenvalue weighted by molar-refractivity contribution is 6.21. The fourth-order valence-electron chi connectivity index (χ4n) is 1.83. The lowest BCUT2D eigenvalue weighted by Crippen LogP contribution is -2.09. The Morgan fingerprint density at radius 1 is 1.33 bits per heavy atom. The van der Waals surface area contributed by atoms with Crippen LogP contribution in [0.2, 0.25) is 0 Å². The number of nitrogens with one attached hydrogen (secondary N) is 2. The molecule has 92 valence electrons. The summed E-state index contributed by atoms with van der Waals surface area (Å²) in [5.41, 5.74) is 1.10. The second-order valence-electron chi connectivity index (χ2n) is 3.89. The maximum absolute atomic E-state index is 11.1. The lowest BCUT2D eigenvalue weighted by atomic mass is 10.1. The number of aliphatic carboxylic acids is 1. The molecule has 0 atom stereocenters. The molecule has 0 fully saturated rings. The summed E-state index contributed by atoms with van der Waals surface area (Å²) in [4.78, 5) is 25.2. The van der Waals surface area contributed by atoms with Gasteiger partial charge in [0.15, 0.2) is 0 Å². The first-order chi connectivity index (χ1) is 8.50. The van der Waals surface area contributed by atoms with Crippen molar-refractivity contribution >= 4 is 34.2 Å². The third-order valence-corrected chi connectivity index (χ3v) is 2.57. The van der Waals surface area contributed by atoms with E-state index < -0.39 is 5.97 Å². The van der Waals surface area contributed by atoms with Gasteiger partial charge in [-0.25, -0.2) is 4.79 Å². The van der Waals surface area contributed by atoms with Crippen molar-refractivity contribution in [2.75, 3.05) is 5.32 Å². The standard InChI is InChI=1S/C13H12N2O3/c1-7(13(17)18)11-9-5-3-4-6-10(9)15-12(11)14-8(2)16/h3-6,15H,1H2,2H3,(H,14,16)(H,17,18). The van der Waals surface area contributed by atoms with Crippen molar-refractivity contribution in [3.63, 3.8) is 0 Å². The molecule has 3 N–H and O–H groups in total. The molecular weight excluding hydrogens is 232 g/mol. The first-order valence-electron chi connectivity index (χ1n) is 5.31. The fraction of sp³-hybridized carbons (Fsp3) is 0.0769. The molecule has 2 rings (SSSR count). The minimum atomic E-state index is -1.12. The topological polar surface area (TPSA) is 82.2 Å². The van der Waals surface area contributed by atoms with Gasteiger partial charge in [-0.05, 0) is 6.07 Å². The van der Waals surface area contributed by atoms with Gasteiger partial charge in [-0.15, -0.1) is 0 Å². The van der Waals surface area contributed by atoms with E-state index >= 15 is 0 Å². The molecule has 2 aromatic rings. The zero-order valence-corrected chi connectivity index (χ0v) is 9.78. The first-order valence-corrected chi connectivity index (χ1v) is 5.31. The van der Waals surface area contributed by atoms with Gasteiger partial charge in [0.05, 0.1) is 5.57 Å². The van der Waals surface area contributed by atoms with Crippen LogP contribution in [0.1, 0.15) is 12.5 Å². The Balaban J connectivity index is 2.68. The predicted molar refractivity (Wildman–Crippen MR) is 69.3 cm³/mol. The van der Waals surface area contributed by atoms with Gasteiger partial charge in [-0.2, -0.15) is 0 Å². The van der Waals surface area contributed by atoms with Gasteiger partial charge in [0.25, 0.3) is 0 Å². The van der Waals surface area contributed by atoms with Crippen molar-refractivity contribution in [2.24, 2.45) is 0 Å². The summed E-state index contributed by atoms with van der Waals surface area (Å²) in [6.07, 6.45) is 0. The molecule has 0 saturated carbocycles. The van der Waals surface area contributed by atoms with Gasteiger partial charge in [0, 0.05) is 23.4 Å². The lowest BCUT2D eigenvalue weighted by molar-refractivity contribution is -0.130. The van der Waals surface area contributed by atoms with E-state index in [9.17, 15) is 9.59 Å². The number of hydrogen-bond acceptors (Lipinski definition) is 2. The molecule has 5 nitrogen and oxygen atoms in total. The van der Waals surface area contributed by atoms with Crippen molar-refractivity contribution in [3.05, 3.63) is 36.4 Å². The molecular formula is C13H12N2O3. The Kier molecular flexibility index (Phi) is 2.89. The molecule has 0 radical (unpaired) electrons. The maximum Gasteiger partial charge on any atom is 0.335 e. The number of aromatic amines is 1. The van der Waals surface area contributed by atoms with Crippen LogP contribution in [0.25, 0.3) is 16.5 Å². The number of amides is 1. The van der Waals surface area contributed by atoms with Crippen LogP contribution in [0, 0.1) is 0 Å². The van der Waals surface area contributed by atoms with Crippen molar-refractivity contribution < 1.29 is 14.7 Å². The Labute approximate surface area is 103 Å². The number of carboxylic acids is 1. The molecule has 0 aliphatic heterocycles. The van der Waals surface area contributed by atoms with Crippen LogP contribution in [-0.2, 0) is 9.59 Å². The predicted octanol–water partition coefficient (Wildman–Crippen LogP) is 2.22. The van der Waals surface area contributed by atoms with Crippen LogP contribution in [0.15, 0.2) is 30.8 Å². The molecule has 0 spiro atoms. The Morgan fingerprint density at radius 3 is 2.61 bits per heavy atom. The van der Waals surface area contributed by atoms with Crippen molar-refractivity contribution in [3.8, 4) is 0 Å². The van der Waals surface area contributed by atoms with E-state index in [4.69, 9.17) is 5.11 Å². The quantitative estimate of drug-likeness (QED) is 0.724. The van der Waals surface area contributed by atoms with E-state index in [1.807, 2.05) is 6.07 Å². The molecule has 5 heteroatoms. The molecule has 1 aromatic heterocycles. The van der Waals surface area contributed by atoms with Gasteiger partial charge in [0.2, 0.25) is 5.91 Å². The van der Waals surface area contributed by atoms with E-state index in [-0.39, 0.29) is 11.5 Å². The van der Waals surface area contributed by atoms with Gasteiger partial charge >= 0.3 is 5.97 Å². The normalized spacial score (nSPS) is 10.3. The van der Waals surface area contributed by atoms with Gasteiger partial charge in [0.1, 0.15) is 5.82 Å². The monoisotopic (exact) mass is 244 g/mol. The number of fused-ring (bicyclic) bond motifs is 1. The summed E-state index contributed by atoms with van der Waals surface area (Å²) in [6, 6.07) is 7.20. The van der Waals surface area contributed by atoms with Crippen molar-refractivity contribution in [1.29, 1.82) is 0 Å². The summed E-state index contributed by atoms with van der Waals surface area (Å²) in [5, 5.41) is 12.3. The number of para-hydroxylation sites is 1. The third kappa shape index (κ3) is 1.98. The molecule has 0 aliphatic carbocycles. The fourth-order valence-corrected chi connectivity index (χ4v) is 1.83. The second-order valence-corrected chi connectivity index (χ2v) is 3.89. The number of hydrogen-bond donors (Lipinski definition) is 3. The maximum atomic E-state index is 11.1. The van der Waals surface area contributed by atoms with Crippen LogP contribution < -0.4 is 5.32 Å². The van der Waals surface area contributed by atoms with Crippen LogP contribution in [-0.4, -0.2) is 22.0 Å². The Bertz CT molecular complexity index is 655. The van der Waals surface area contributed by atoms with E-state index in [0.717, 1.165) is 5.52 Å². The number of H-pyrrole nitrogens is 1. The average molecular weight is 244 g/mol. The highest BCUT2D eigenvalue weighted by Crippen LogP contribution is 2.31. The molecule has 1 amide bonds. The third-order valence-electron chi connectivity index (χ3n) is 2.57. The zero-order valence-electron chi connectivity index (χ0n) is 9.78. The largest absolute Gasteiger partial charge is 0.478 e. The average Bonchev–Trinajstić information content (AvgIpc) is 2.64. The Morgan fingerprint density at radius 2 is 2.00 bits per heavy atom. The summed E-state index contributed by atoms with van der Waals surface area (Å²) in [7, 11) is 0. The smallest absolute Gasteiger partial charge is 0.335 e. The number of carbonyl (C=O) groups excluding carboxylic acids is 1. The molecule has 0 bridgehead atoms. The zero-order chi connectivity index (χ0) is 13.3. The lowest BCUT2D eigenvalue weighted by Gasteiger charge is -2.04. The number of aromatic nitrogens is 1. The van der Waals surface area contributed by atoms with Crippen LogP contribution in [0.4, 0.5) is 5.82 Å². The summed E-state index contributed by atoms with van der Waals surface area (Å²) in [5.74, 6) is -1.04. The van der Waals surface area contributed by atoms with Crippen molar-refractivity contribution in [1.82, 2.24) is 4.98 Å². The number of carbonyl (C=O) groups is 2. The molecule has 0 unspecified atom stereocenters. The first kappa shape index (κ1) is 11.9. The van der Waals surface area contributed by atoms with Gasteiger partial charge in [-0.3, -0.25) is 4.79 Å². The summed E-state index contributed by atoms with van der Waals surface area (Å²) < 4.78 is 0. The van der Waals surface area contributed by atoms with Crippen LogP contribution in [0.5, 0.6) is 0 Å². The highest BCUT2D eigenvalue weighted by Gasteiger charge is 2.18. The molecule has 1 aromatic carbocycles. The Hall–Kier alpha value is -2.56. The molecule has 18 heavy (non-hydrogen) atoms. The van der Waals surface area contributed by atoms with Crippen LogP contribution >= 0.6 is 0 Å². The van der Waals surface area contributed by atoms with Crippen molar-refractivity contribution in [2.45, 2.75) is 6.92 Å².